The predicted octanol–water partition coefficient (Wildman–Crippen LogP) is 4.68. The second kappa shape index (κ2) is 7.47. The Kier molecular flexibility index (Phi) is 6.59. The largest absolute Gasteiger partial charge is 0.384 e. The molecule has 0 aliphatic carbocycles. The Morgan fingerprint density at radius 1 is 0.842 bits per heavy atom. The minimum absolute atomic E-state index is 0.673. The Balaban J connectivity index is 0.000000200. The zero-order chi connectivity index (χ0) is 14.5. The fourth-order valence-electron chi connectivity index (χ4n) is 1.13. The summed E-state index contributed by atoms with van der Waals surface area (Å²) < 4.78 is 2.45. The lowest BCUT2D eigenvalue weighted by molar-refractivity contribution is 0.0737. The predicted molar refractivity (Wildman–Crippen MR) is 86.8 cm³/mol. The van der Waals surface area contributed by atoms with E-state index in [2.05, 4.69) is 57.8 Å². The number of pyridine rings is 2. The van der Waals surface area contributed by atoms with Crippen molar-refractivity contribution < 1.29 is 5.11 Å². The first kappa shape index (κ1) is 16.8. The van der Waals surface area contributed by atoms with Crippen LogP contribution in [0.15, 0.2) is 50.2 Å². The highest BCUT2D eigenvalue weighted by atomic mass is 79.9. The van der Waals surface area contributed by atoms with Gasteiger partial charge in [0.15, 0.2) is 0 Å². The molecule has 2 aromatic heterocycles. The molecular weight excluding hydrogens is 440 g/mol. The zero-order valence-electron chi connectivity index (χ0n) is 10.4. The smallest absolute Gasteiger partial charge is 0.107 e. The van der Waals surface area contributed by atoms with Crippen LogP contribution < -0.4 is 0 Å². The van der Waals surface area contributed by atoms with Gasteiger partial charge in [-0.15, -0.1) is 0 Å². The third-order valence-electron chi connectivity index (χ3n) is 2.02. The highest BCUT2D eigenvalue weighted by molar-refractivity contribution is 9.11. The van der Waals surface area contributed by atoms with Crippen LogP contribution in [0.1, 0.15) is 19.5 Å². The molecule has 0 amide bonds. The second-order valence-electron chi connectivity index (χ2n) is 4.19. The second-order valence-corrected chi connectivity index (χ2v) is 6.63. The molecular formula is C13H13Br3N2O. The van der Waals surface area contributed by atoms with Crippen molar-refractivity contribution in [1.82, 2.24) is 9.97 Å². The molecule has 1 N–H and O–H groups in total. The highest BCUT2D eigenvalue weighted by Crippen LogP contribution is 2.18. The number of halogens is 3. The van der Waals surface area contributed by atoms with Crippen LogP contribution in [0.5, 0.6) is 0 Å². The molecule has 102 valence electrons. The molecule has 0 fully saturated rings. The van der Waals surface area contributed by atoms with Crippen molar-refractivity contribution in [3.8, 4) is 0 Å². The zero-order valence-corrected chi connectivity index (χ0v) is 15.2. The topological polar surface area (TPSA) is 46.0 Å². The highest BCUT2D eigenvalue weighted by Gasteiger charge is 2.16. The molecule has 0 unspecified atom stereocenters. The molecule has 0 saturated heterocycles. The van der Waals surface area contributed by atoms with Crippen molar-refractivity contribution in [2.24, 2.45) is 0 Å². The summed E-state index contributed by atoms with van der Waals surface area (Å²) in [7, 11) is 0. The van der Waals surface area contributed by atoms with E-state index >= 15 is 0 Å². The average Bonchev–Trinajstić information content (AvgIpc) is 2.28. The first-order valence-electron chi connectivity index (χ1n) is 5.42. The van der Waals surface area contributed by atoms with Crippen molar-refractivity contribution in [1.29, 1.82) is 0 Å². The normalized spacial score (nSPS) is 10.6. The summed E-state index contributed by atoms with van der Waals surface area (Å²) in [5, 5.41) is 9.53. The van der Waals surface area contributed by atoms with E-state index < -0.39 is 5.60 Å². The fraction of sp³-hybridized carbons (Fsp3) is 0.231. The van der Waals surface area contributed by atoms with Gasteiger partial charge >= 0.3 is 0 Å². The van der Waals surface area contributed by atoms with E-state index in [9.17, 15) is 5.11 Å². The summed E-state index contributed by atoms with van der Waals surface area (Å²) in [6.07, 6.45) is 0. The lowest BCUT2D eigenvalue weighted by Crippen LogP contribution is -2.17. The van der Waals surface area contributed by atoms with Crippen LogP contribution in [-0.2, 0) is 5.60 Å². The van der Waals surface area contributed by atoms with Crippen molar-refractivity contribution in [3.05, 3.63) is 55.9 Å². The Morgan fingerprint density at radius 3 is 1.53 bits per heavy atom. The molecule has 0 bridgehead atoms. The van der Waals surface area contributed by atoms with Crippen molar-refractivity contribution in [3.63, 3.8) is 0 Å². The van der Waals surface area contributed by atoms with E-state index in [-0.39, 0.29) is 0 Å². The molecule has 0 aliphatic heterocycles. The Labute approximate surface area is 137 Å². The van der Waals surface area contributed by atoms with Crippen LogP contribution in [0.4, 0.5) is 0 Å². The van der Waals surface area contributed by atoms with Gasteiger partial charge < -0.3 is 5.11 Å². The van der Waals surface area contributed by atoms with Gasteiger partial charge in [0.1, 0.15) is 19.4 Å². The van der Waals surface area contributed by atoms with Crippen molar-refractivity contribution >= 4 is 47.8 Å². The number of hydrogen-bond acceptors (Lipinski definition) is 3. The summed E-state index contributed by atoms with van der Waals surface area (Å²) in [4.78, 5) is 8.12. The Bertz CT molecular complexity index is 524. The molecule has 6 heteroatoms. The van der Waals surface area contributed by atoms with E-state index in [0.717, 1.165) is 13.8 Å². The van der Waals surface area contributed by atoms with Crippen molar-refractivity contribution in [2.75, 3.05) is 0 Å². The van der Waals surface area contributed by atoms with Gasteiger partial charge in [0, 0.05) is 0 Å². The monoisotopic (exact) mass is 450 g/mol. The van der Waals surface area contributed by atoms with Gasteiger partial charge in [-0.1, -0.05) is 12.1 Å². The number of nitrogens with zero attached hydrogens (tertiary/aromatic N) is 2. The molecule has 0 atom stereocenters. The molecule has 2 rings (SSSR count). The van der Waals surface area contributed by atoms with Crippen LogP contribution in [0.2, 0.25) is 0 Å². The van der Waals surface area contributed by atoms with E-state index in [1.807, 2.05) is 30.3 Å². The van der Waals surface area contributed by atoms with Crippen LogP contribution in [0.3, 0.4) is 0 Å². The van der Waals surface area contributed by atoms with Gasteiger partial charge in [-0.25, -0.2) is 9.97 Å². The minimum atomic E-state index is -0.857. The van der Waals surface area contributed by atoms with Gasteiger partial charge in [-0.2, -0.15) is 0 Å². The minimum Gasteiger partial charge on any atom is -0.384 e. The standard InChI is InChI=1S/C8H10BrNO.C5H3Br2N/c1-8(2,11)6-4-3-5-7(9)10-6;6-4-2-1-3-5(7)8-4/h3-5,11H,1-2H3;1-3H. The molecule has 0 radical (unpaired) electrons. The number of aromatic nitrogens is 2. The summed E-state index contributed by atoms with van der Waals surface area (Å²) in [6, 6.07) is 11.2. The summed E-state index contributed by atoms with van der Waals surface area (Å²) in [5.74, 6) is 0. The molecule has 2 aromatic rings. The van der Waals surface area contributed by atoms with Gasteiger partial charge in [0.2, 0.25) is 0 Å². The third kappa shape index (κ3) is 6.61. The summed E-state index contributed by atoms with van der Waals surface area (Å²) in [5.41, 5.74) is -0.184. The molecule has 0 aliphatic rings. The number of aliphatic hydroxyl groups is 1. The van der Waals surface area contributed by atoms with Gasteiger partial charge in [-0.3, -0.25) is 0 Å². The molecule has 0 saturated carbocycles. The van der Waals surface area contributed by atoms with Gasteiger partial charge in [0.05, 0.1) is 5.69 Å². The summed E-state index contributed by atoms with van der Waals surface area (Å²) >= 11 is 9.67. The maximum Gasteiger partial charge on any atom is 0.107 e. The number of rotatable bonds is 1. The first-order chi connectivity index (χ1) is 8.79. The van der Waals surface area contributed by atoms with Gasteiger partial charge in [-0.05, 0) is 85.9 Å². The van der Waals surface area contributed by atoms with Crippen molar-refractivity contribution in [2.45, 2.75) is 19.4 Å². The molecule has 3 nitrogen and oxygen atoms in total. The fourth-order valence-corrected chi connectivity index (χ4v) is 2.40. The molecule has 0 aromatic carbocycles. The van der Waals surface area contributed by atoms with Crippen LogP contribution in [-0.4, -0.2) is 15.1 Å². The SMILES string of the molecule is Brc1cccc(Br)n1.CC(C)(O)c1cccc(Br)n1. The van der Waals surface area contributed by atoms with Crippen LogP contribution in [0.25, 0.3) is 0 Å². The average molecular weight is 453 g/mol. The molecule has 0 spiro atoms. The van der Waals surface area contributed by atoms with Crippen LogP contribution in [0, 0.1) is 0 Å². The molecule has 2 heterocycles. The van der Waals surface area contributed by atoms with Gasteiger partial charge in [0.25, 0.3) is 0 Å². The number of hydrogen-bond donors (Lipinski definition) is 1. The van der Waals surface area contributed by atoms with E-state index in [0.29, 0.717) is 5.69 Å². The maximum atomic E-state index is 9.53. The van der Waals surface area contributed by atoms with Crippen LogP contribution >= 0.6 is 47.8 Å². The van der Waals surface area contributed by atoms with E-state index in [1.54, 1.807) is 19.9 Å². The summed E-state index contributed by atoms with van der Waals surface area (Å²) in [6.45, 7) is 3.42. The lowest BCUT2D eigenvalue weighted by Gasteiger charge is -2.15. The lowest BCUT2D eigenvalue weighted by atomic mass is 10.1. The molecule has 19 heavy (non-hydrogen) atoms. The Hall–Kier alpha value is -0.300. The third-order valence-corrected chi connectivity index (χ3v) is 3.35. The quantitative estimate of drug-likeness (QED) is 0.639. The van der Waals surface area contributed by atoms with E-state index in [4.69, 9.17) is 0 Å². The van der Waals surface area contributed by atoms with E-state index in [1.165, 1.54) is 0 Å². The first-order valence-corrected chi connectivity index (χ1v) is 7.80. The Morgan fingerprint density at radius 2 is 1.26 bits per heavy atom. The maximum absolute atomic E-state index is 9.53.